The van der Waals surface area contributed by atoms with Gasteiger partial charge in [0.1, 0.15) is 12.4 Å². The molecule has 0 amide bonds. The van der Waals surface area contributed by atoms with Crippen molar-refractivity contribution in [1.29, 1.82) is 0 Å². The van der Waals surface area contributed by atoms with Crippen LogP contribution >= 0.6 is 0 Å². The molecular formula is C25H45NO8. The van der Waals surface area contributed by atoms with E-state index in [0.717, 1.165) is 13.0 Å². The zero-order valence-electron chi connectivity index (χ0n) is 21.0. The molecule has 34 heavy (non-hydrogen) atoms. The molecule has 1 unspecified atom stereocenters. The first kappa shape index (κ1) is 30.6. The maximum absolute atomic E-state index is 5.80. The number of para-hydroxylation sites is 2. The van der Waals surface area contributed by atoms with Crippen LogP contribution in [0.1, 0.15) is 20.3 Å². The predicted octanol–water partition coefficient (Wildman–Crippen LogP) is 2.81. The van der Waals surface area contributed by atoms with Gasteiger partial charge in [0.25, 0.3) is 0 Å². The monoisotopic (exact) mass is 487 g/mol. The fraction of sp³-hybridized carbons (Fsp3) is 0.760. The normalized spacial score (nSPS) is 12.2. The molecule has 0 aromatic heterocycles. The van der Waals surface area contributed by atoms with Crippen LogP contribution < -0.4 is 10.5 Å². The summed E-state index contributed by atoms with van der Waals surface area (Å²) in [6.07, 6.45) is 1.14. The summed E-state index contributed by atoms with van der Waals surface area (Å²) in [5.74, 6) is 1.28. The Hall–Kier alpha value is -1.46. The van der Waals surface area contributed by atoms with Crippen molar-refractivity contribution in [2.45, 2.75) is 20.3 Å². The summed E-state index contributed by atoms with van der Waals surface area (Å²) in [7, 11) is 0. The number of hydrogen-bond acceptors (Lipinski definition) is 9. The molecule has 0 aliphatic rings. The van der Waals surface area contributed by atoms with Gasteiger partial charge in [-0.2, -0.15) is 0 Å². The first-order valence-electron chi connectivity index (χ1n) is 12.3. The highest BCUT2D eigenvalue weighted by Crippen LogP contribution is 2.19. The Morgan fingerprint density at radius 2 is 0.971 bits per heavy atom. The fourth-order valence-corrected chi connectivity index (χ4v) is 2.54. The van der Waals surface area contributed by atoms with Crippen LogP contribution in [-0.4, -0.2) is 99.1 Å². The van der Waals surface area contributed by atoms with Crippen LogP contribution in [-0.2, 0) is 33.2 Å². The molecule has 0 spiro atoms. The van der Waals surface area contributed by atoms with Crippen molar-refractivity contribution in [3.05, 3.63) is 24.3 Å². The van der Waals surface area contributed by atoms with E-state index in [0.29, 0.717) is 110 Å². The van der Waals surface area contributed by atoms with Crippen molar-refractivity contribution in [1.82, 2.24) is 0 Å². The molecule has 1 aromatic rings. The Kier molecular flexibility index (Phi) is 20.9. The minimum Gasteiger partial charge on any atom is -0.489 e. The lowest BCUT2D eigenvalue weighted by atomic mass is 10.1. The van der Waals surface area contributed by atoms with Gasteiger partial charge in [0, 0.05) is 6.61 Å². The Bertz CT molecular complexity index is 563. The van der Waals surface area contributed by atoms with E-state index in [1.165, 1.54) is 0 Å². The summed E-state index contributed by atoms with van der Waals surface area (Å²) >= 11 is 0. The Morgan fingerprint density at radius 1 is 0.588 bits per heavy atom. The van der Waals surface area contributed by atoms with E-state index in [-0.39, 0.29) is 0 Å². The van der Waals surface area contributed by atoms with Gasteiger partial charge in [-0.05, 0) is 18.1 Å². The van der Waals surface area contributed by atoms with E-state index < -0.39 is 0 Å². The van der Waals surface area contributed by atoms with Gasteiger partial charge in [-0.1, -0.05) is 32.4 Å². The second-order valence-corrected chi connectivity index (χ2v) is 7.65. The largest absolute Gasteiger partial charge is 0.489 e. The van der Waals surface area contributed by atoms with Crippen LogP contribution in [0.4, 0.5) is 5.69 Å². The minimum absolute atomic E-state index is 0.449. The van der Waals surface area contributed by atoms with Gasteiger partial charge in [0.2, 0.25) is 0 Å². The summed E-state index contributed by atoms with van der Waals surface area (Å²) in [5.41, 5.74) is 6.43. The van der Waals surface area contributed by atoms with E-state index in [1.54, 1.807) is 6.07 Å². The third kappa shape index (κ3) is 18.9. The van der Waals surface area contributed by atoms with E-state index >= 15 is 0 Å². The molecule has 1 aromatic carbocycles. The third-order valence-electron chi connectivity index (χ3n) is 4.74. The fourth-order valence-electron chi connectivity index (χ4n) is 2.54. The van der Waals surface area contributed by atoms with E-state index in [2.05, 4.69) is 13.8 Å². The lowest BCUT2D eigenvalue weighted by molar-refractivity contribution is -0.0221. The van der Waals surface area contributed by atoms with Gasteiger partial charge in [-0.15, -0.1) is 0 Å². The van der Waals surface area contributed by atoms with Crippen molar-refractivity contribution in [3.63, 3.8) is 0 Å². The van der Waals surface area contributed by atoms with Crippen molar-refractivity contribution in [2.75, 3.05) is 105 Å². The van der Waals surface area contributed by atoms with Crippen molar-refractivity contribution in [2.24, 2.45) is 5.92 Å². The van der Waals surface area contributed by atoms with E-state index in [9.17, 15) is 0 Å². The Morgan fingerprint density at radius 3 is 1.38 bits per heavy atom. The van der Waals surface area contributed by atoms with Crippen LogP contribution in [0, 0.1) is 5.92 Å². The number of nitrogen functional groups attached to an aromatic ring is 1. The molecule has 0 saturated carbocycles. The third-order valence-corrected chi connectivity index (χ3v) is 4.74. The first-order valence-corrected chi connectivity index (χ1v) is 12.3. The molecule has 198 valence electrons. The second kappa shape index (κ2) is 23.3. The van der Waals surface area contributed by atoms with Crippen molar-refractivity contribution in [3.8, 4) is 5.75 Å². The van der Waals surface area contributed by atoms with Gasteiger partial charge in [0.15, 0.2) is 0 Å². The van der Waals surface area contributed by atoms with Gasteiger partial charge >= 0.3 is 0 Å². The molecule has 1 atom stereocenters. The summed E-state index contributed by atoms with van der Waals surface area (Å²) in [4.78, 5) is 0. The average molecular weight is 488 g/mol. The molecule has 2 N–H and O–H groups in total. The maximum atomic E-state index is 5.80. The molecule has 0 radical (unpaired) electrons. The zero-order valence-corrected chi connectivity index (χ0v) is 21.0. The van der Waals surface area contributed by atoms with Crippen LogP contribution in [0.15, 0.2) is 24.3 Å². The topological polar surface area (TPSA) is 99.9 Å². The van der Waals surface area contributed by atoms with E-state index in [4.69, 9.17) is 43.6 Å². The number of benzene rings is 1. The molecular weight excluding hydrogens is 442 g/mol. The van der Waals surface area contributed by atoms with Crippen LogP contribution in [0.2, 0.25) is 0 Å². The number of rotatable bonds is 25. The van der Waals surface area contributed by atoms with Crippen molar-refractivity contribution >= 4 is 5.69 Å². The average Bonchev–Trinajstić information content (AvgIpc) is 2.85. The SMILES string of the molecule is CCC(C)COCCOCCOCCOCCOCCOCCOCCOc1ccccc1N. The molecule has 1 rings (SSSR count). The molecule has 0 bridgehead atoms. The smallest absolute Gasteiger partial charge is 0.142 e. The first-order chi connectivity index (χ1) is 16.7. The van der Waals surface area contributed by atoms with Crippen LogP contribution in [0.5, 0.6) is 5.75 Å². The van der Waals surface area contributed by atoms with Gasteiger partial charge in [-0.25, -0.2) is 0 Å². The highest BCUT2D eigenvalue weighted by Gasteiger charge is 1.99. The van der Waals surface area contributed by atoms with Gasteiger partial charge < -0.3 is 43.6 Å². The Labute approximate surface area is 205 Å². The number of ether oxygens (including phenoxy) is 8. The van der Waals surface area contributed by atoms with Gasteiger partial charge in [-0.3, -0.25) is 0 Å². The predicted molar refractivity (Wildman–Crippen MR) is 132 cm³/mol. The van der Waals surface area contributed by atoms with Gasteiger partial charge in [0.05, 0.1) is 91.6 Å². The summed E-state index contributed by atoms with van der Waals surface area (Å²) < 4.78 is 43.8. The van der Waals surface area contributed by atoms with Crippen LogP contribution in [0.25, 0.3) is 0 Å². The minimum atomic E-state index is 0.449. The number of anilines is 1. The van der Waals surface area contributed by atoms with Crippen LogP contribution in [0.3, 0.4) is 0 Å². The molecule has 9 nitrogen and oxygen atoms in total. The maximum Gasteiger partial charge on any atom is 0.142 e. The molecule has 0 fully saturated rings. The standard InChI is InChI=1S/C25H45NO8/c1-3-23(2)22-33-19-18-31-15-14-29-11-10-27-8-9-28-12-13-30-16-17-32-20-21-34-25-7-5-4-6-24(25)26/h4-7,23H,3,8-22,26H2,1-2H3. The zero-order chi connectivity index (χ0) is 24.5. The quantitative estimate of drug-likeness (QED) is 0.165. The number of hydrogen-bond donors (Lipinski definition) is 1. The number of nitrogens with two attached hydrogens (primary N) is 1. The molecule has 0 heterocycles. The Balaban J connectivity index is 1.68. The molecule has 0 aliphatic carbocycles. The highest BCUT2D eigenvalue weighted by atomic mass is 16.6. The highest BCUT2D eigenvalue weighted by molar-refractivity contribution is 5.51. The van der Waals surface area contributed by atoms with Crippen molar-refractivity contribution < 1.29 is 37.9 Å². The molecule has 9 heteroatoms. The lowest BCUT2D eigenvalue weighted by Crippen LogP contribution is -2.15. The summed E-state index contributed by atoms with van der Waals surface area (Å²) in [6, 6.07) is 7.39. The van der Waals surface area contributed by atoms with E-state index in [1.807, 2.05) is 18.2 Å². The summed E-state index contributed by atoms with van der Waals surface area (Å²) in [5, 5.41) is 0. The molecule has 0 aliphatic heterocycles. The molecule has 0 saturated heterocycles. The second-order valence-electron chi connectivity index (χ2n) is 7.65. The lowest BCUT2D eigenvalue weighted by Gasteiger charge is -2.10. The summed E-state index contributed by atoms with van der Waals surface area (Å²) in [6.45, 7) is 12.6.